The molecule has 0 saturated carbocycles. The van der Waals surface area contributed by atoms with Crippen molar-refractivity contribution in [2.45, 2.75) is 37.6 Å². The Bertz CT molecular complexity index is 1000. The first-order chi connectivity index (χ1) is 13.6. The fraction of sp³-hybridized carbons (Fsp3) is 0.350. The number of piperidine rings is 1. The molecule has 0 unspecified atom stereocenters. The maximum atomic E-state index is 12.9. The van der Waals surface area contributed by atoms with E-state index in [2.05, 4.69) is 5.32 Å². The van der Waals surface area contributed by atoms with Gasteiger partial charge in [0.2, 0.25) is 10.0 Å². The van der Waals surface area contributed by atoms with Crippen molar-refractivity contribution in [1.82, 2.24) is 9.62 Å². The van der Waals surface area contributed by atoms with Crippen LogP contribution in [0.4, 0.5) is 0 Å². The number of benzene rings is 2. The molecule has 0 aliphatic carbocycles. The van der Waals surface area contributed by atoms with Crippen molar-refractivity contribution in [3.63, 3.8) is 0 Å². The predicted octanol–water partition coefficient (Wildman–Crippen LogP) is 2.00. The largest absolute Gasteiger partial charge is 0.504 e. The summed E-state index contributed by atoms with van der Waals surface area (Å²) >= 11 is 0. The van der Waals surface area contributed by atoms with Crippen molar-refractivity contribution in [2.24, 2.45) is 0 Å². The molecule has 156 valence electrons. The van der Waals surface area contributed by atoms with Crippen molar-refractivity contribution in [3.05, 3.63) is 47.0 Å². The maximum absolute atomic E-state index is 12.9. The Labute approximate surface area is 169 Å². The first-order valence-electron chi connectivity index (χ1n) is 9.22. The van der Waals surface area contributed by atoms with Crippen LogP contribution in [0.25, 0.3) is 0 Å². The SMILES string of the molecule is Cc1cc(C)cc(S(=O)(=O)N2CCC(NC(=O)c3cc(O)c(O)c(O)c3)CC2)c1. The van der Waals surface area contributed by atoms with Crippen molar-refractivity contribution < 1.29 is 28.5 Å². The number of phenols is 3. The van der Waals surface area contributed by atoms with Crippen LogP contribution >= 0.6 is 0 Å². The Morgan fingerprint density at radius 1 is 0.966 bits per heavy atom. The molecule has 1 aliphatic heterocycles. The summed E-state index contributed by atoms with van der Waals surface area (Å²) < 4.78 is 27.2. The fourth-order valence-corrected chi connectivity index (χ4v) is 5.13. The van der Waals surface area contributed by atoms with E-state index in [1.807, 2.05) is 19.9 Å². The average molecular weight is 420 g/mol. The Morgan fingerprint density at radius 2 is 1.48 bits per heavy atom. The third-order valence-corrected chi connectivity index (χ3v) is 6.83. The van der Waals surface area contributed by atoms with E-state index in [0.29, 0.717) is 12.8 Å². The summed E-state index contributed by atoms with van der Waals surface area (Å²) in [4.78, 5) is 12.6. The van der Waals surface area contributed by atoms with Crippen LogP contribution in [0.15, 0.2) is 35.2 Å². The van der Waals surface area contributed by atoms with Gasteiger partial charge in [0.1, 0.15) is 0 Å². The predicted molar refractivity (Wildman–Crippen MR) is 107 cm³/mol. The fourth-order valence-electron chi connectivity index (χ4n) is 3.48. The van der Waals surface area contributed by atoms with Crippen LogP contribution in [0.5, 0.6) is 17.2 Å². The lowest BCUT2D eigenvalue weighted by Gasteiger charge is -2.31. The molecule has 0 atom stereocenters. The molecule has 4 N–H and O–H groups in total. The molecule has 9 heteroatoms. The van der Waals surface area contributed by atoms with Crippen LogP contribution in [0, 0.1) is 13.8 Å². The Kier molecular flexibility index (Phi) is 5.72. The second-order valence-electron chi connectivity index (χ2n) is 7.34. The minimum atomic E-state index is -3.60. The van der Waals surface area contributed by atoms with Gasteiger partial charge in [-0.3, -0.25) is 4.79 Å². The van der Waals surface area contributed by atoms with Crippen molar-refractivity contribution in [1.29, 1.82) is 0 Å². The lowest BCUT2D eigenvalue weighted by Crippen LogP contribution is -2.46. The van der Waals surface area contributed by atoms with Gasteiger partial charge < -0.3 is 20.6 Å². The minimum absolute atomic E-state index is 0.00286. The monoisotopic (exact) mass is 420 g/mol. The normalized spacial score (nSPS) is 15.9. The molecule has 3 rings (SSSR count). The Hall–Kier alpha value is -2.78. The van der Waals surface area contributed by atoms with Gasteiger partial charge in [-0.05, 0) is 62.1 Å². The quantitative estimate of drug-likeness (QED) is 0.561. The molecule has 1 fully saturated rings. The molecular weight excluding hydrogens is 396 g/mol. The van der Waals surface area contributed by atoms with E-state index in [1.54, 1.807) is 12.1 Å². The number of hydrogen-bond donors (Lipinski definition) is 4. The van der Waals surface area contributed by atoms with E-state index in [4.69, 9.17) is 0 Å². The first kappa shape index (κ1) is 20.9. The van der Waals surface area contributed by atoms with E-state index in [-0.39, 0.29) is 29.6 Å². The highest BCUT2D eigenvalue weighted by Crippen LogP contribution is 2.35. The third-order valence-electron chi connectivity index (χ3n) is 4.95. The van der Waals surface area contributed by atoms with Gasteiger partial charge in [-0.15, -0.1) is 0 Å². The number of hydrogen-bond acceptors (Lipinski definition) is 6. The molecule has 29 heavy (non-hydrogen) atoms. The number of nitrogens with one attached hydrogen (secondary N) is 1. The summed E-state index contributed by atoms with van der Waals surface area (Å²) in [5.74, 6) is -2.40. The third kappa shape index (κ3) is 4.46. The molecule has 1 heterocycles. The highest BCUT2D eigenvalue weighted by molar-refractivity contribution is 7.89. The highest BCUT2D eigenvalue weighted by Gasteiger charge is 2.30. The number of aromatic hydroxyl groups is 3. The van der Waals surface area contributed by atoms with Crippen LogP contribution in [-0.2, 0) is 10.0 Å². The highest BCUT2D eigenvalue weighted by atomic mass is 32.2. The zero-order valence-corrected chi connectivity index (χ0v) is 17.0. The van der Waals surface area contributed by atoms with Gasteiger partial charge in [-0.25, -0.2) is 8.42 Å². The summed E-state index contributed by atoms with van der Waals surface area (Å²) in [6.07, 6.45) is 0.873. The van der Waals surface area contributed by atoms with E-state index < -0.39 is 33.2 Å². The van der Waals surface area contributed by atoms with Gasteiger partial charge in [0, 0.05) is 24.7 Å². The minimum Gasteiger partial charge on any atom is -0.504 e. The zero-order valence-electron chi connectivity index (χ0n) is 16.2. The molecule has 1 aliphatic rings. The molecule has 1 saturated heterocycles. The number of sulfonamides is 1. The van der Waals surface area contributed by atoms with Gasteiger partial charge in [0.15, 0.2) is 17.2 Å². The number of carbonyl (C=O) groups is 1. The average Bonchev–Trinajstić information content (AvgIpc) is 2.65. The van der Waals surface area contributed by atoms with Crippen LogP contribution < -0.4 is 5.32 Å². The summed E-state index contributed by atoms with van der Waals surface area (Å²) in [6.45, 7) is 4.25. The molecule has 2 aromatic rings. The summed E-state index contributed by atoms with van der Waals surface area (Å²) in [6, 6.07) is 7.10. The second kappa shape index (κ2) is 7.92. The number of amides is 1. The molecular formula is C20H24N2O6S. The molecule has 0 radical (unpaired) electrons. The van der Waals surface area contributed by atoms with Gasteiger partial charge in [-0.1, -0.05) is 6.07 Å². The molecule has 0 bridgehead atoms. The lowest BCUT2D eigenvalue weighted by atomic mass is 10.1. The first-order valence-corrected chi connectivity index (χ1v) is 10.7. The number of phenolic OH excluding ortho intramolecular Hbond substituents is 3. The van der Waals surface area contributed by atoms with Crippen LogP contribution in [-0.4, -0.2) is 53.1 Å². The van der Waals surface area contributed by atoms with Crippen molar-refractivity contribution >= 4 is 15.9 Å². The number of nitrogens with zero attached hydrogens (tertiary/aromatic N) is 1. The van der Waals surface area contributed by atoms with E-state index in [9.17, 15) is 28.5 Å². The molecule has 0 spiro atoms. The number of carbonyl (C=O) groups excluding carboxylic acids is 1. The number of aryl methyl sites for hydroxylation is 2. The Morgan fingerprint density at radius 3 is 2.00 bits per heavy atom. The second-order valence-corrected chi connectivity index (χ2v) is 9.28. The summed E-state index contributed by atoms with van der Waals surface area (Å²) in [5.41, 5.74) is 1.76. The molecule has 2 aromatic carbocycles. The molecule has 0 aromatic heterocycles. The topological polar surface area (TPSA) is 127 Å². The van der Waals surface area contributed by atoms with E-state index in [0.717, 1.165) is 23.3 Å². The van der Waals surface area contributed by atoms with E-state index in [1.165, 1.54) is 4.31 Å². The molecule has 8 nitrogen and oxygen atoms in total. The smallest absolute Gasteiger partial charge is 0.251 e. The zero-order chi connectivity index (χ0) is 21.3. The molecule has 1 amide bonds. The summed E-state index contributed by atoms with van der Waals surface area (Å²) in [7, 11) is -3.60. The van der Waals surface area contributed by atoms with Crippen LogP contribution in [0.1, 0.15) is 34.3 Å². The summed E-state index contributed by atoms with van der Waals surface area (Å²) in [5, 5.41) is 31.2. The Balaban J connectivity index is 1.65. The van der Waals surface area contributed by atoms with Gasteiger partial charge in [0.25, 0.3) is 5.91 Å². The van der Waals surface area contributed by atoms with E-state index >= 15 is 0 Å². The van der Waals surface area contributed by atoms with Crippen LogP contribution in [0.2, 0.25) is 0 Å². The van der Waals surface area contributed by atoms with Crippen molar-refractivity contribution in [2.75, 3.05) is 13.1 Å². The van der Waals surface area contributed by atoms with Crippen LogP contribution in [0.3, 0.4) is 0 Å². The van der Waals surface area contributed by atoms with Gasteiger partial charge >= 0.3 is 0 Å². The standard InChI is InChI=1S/C20H24N2O6S/c1-12-7-13(2)9-16(8-12)29(27,28)22-5-3-15(4-6-22)21-20(26)14-10-17(23)19(25)18(24)11-14/h7-11,15,23-25H,3-6H2,1-2H3,(H,21,26). The van der Waals surface area contributed by atoms with Crippen molar-refractivity contribution in [3.8, 4) is 17.2 Å². The lowest BCUT2D eigenvalue weighted by molar-refractivity contribution is 0.0923. The maximum Gasteiger partial charge on any atom is 0.251 e. The number of rotatable bonds is 4. The van der Waals surface area contributed by atoms with Gasteiger partial charge in [-0.2, -0.15) is 4.31 Å². The van der Waals surface area contributed by atoms with Gasteiger partial charge in [0.05, 0.1) is 4.90 Å².